The molecule has 3 aliphatic heterocycles. The summed E-state index contributed by atoms with van der Waals surface area (Å²) < 4.78 is 30.1. The first-order valence-electron chi connectivity index (χ1n) is 16.5. The van der Waals surface area contributed by atoms with Crippen LogP contribution in [0, 0.1) is 5.92 Å². The molecule has 48 heavy (non-hydrogen) atoms. The van der Waals surface area contributed by atoms with Gasteiger partial charge in [-0.3, -0.25) is 19.5 Å². The molecule has 2 fully saturated rings. The fourth-order valence-corrected chi connectivity index (χ4v) is 10.8. The van der Waals surface area contributed by atoms with Crippen molar-refractivity contribution in [3.8, 4) is 11.4 Å². The zero-order valence-electron chi connectivity index (χ0n) is 27.6. The van der Waals surface area contributed by atoms with Crippen molar-refractivity contribution >= 4 is 36.8 Å². The number of carbonyl (C=O) groups is 2. The Labute approximate surface area is 279 Å². The highest BCUT2D eigenvalue weighted by Crippen LogP contribution is 2.60. The van der Waals surface area contributed by atoms with Crippen molar-refractivity contribution in [2.45, 2.75) is 69.1 Å². The van der Waals surface area contributed by atoms with Gasteiger partial charge in [0.2, 0.25) is 14.3 Å². The van der Waals surface area contributed by atoms with Crippen LogP contribution in [0.5, 0.6) is 5.75 Å². The highest BCUT2D eigenvalue weighted by molar-refractivity contribution is 6.72. The second-order valence-corrected chi connectivity index (χ2v) is 17.6. The van der Waals surface area contributed by atoms with Crippen LogP contribution in [0.15, 0.2) is 71.5 Å². The van der Waals surface area contributed by atoms with E-state index in [9.17, 15) is 19.5 Å². The number of hydrogen-bond donors (Lipinski definition) is 2. The van der Waals surface area contributed by atoms with Crippen LogP contribution in [0.1, 0.15) is 37.3 Å². The molecule has 7 rings (SSSR count). The second-order valence-electron chi connectivity index (χ2n) is 13.8. The summed E-state index contributed by atoms with van der Waals surface area (Å²) in [4.78, 5) is 44.7. The SMILES string of the molecule is COc1ccc2c(c1)[C@@]1(O[C@H](CC(=O)N3CCC[C@H]3CO)[C@@H]([Si](C)(C)F)[C@@H]1C)C(=O)N2Cc1ccc(-n2[nH]c3ccccc3c2=O)cc1. The summed E-state index contributed by atoms with van der Waals surface area (Å²) in [7, 11) is -1.93. The van der Waals surface area contributed by atoms with Crippen LogP contribution < -0.4 is 15.2 Å². The number of ether oxygens (including phenoxy) is 2. The Morgan fingerprint density at radius 3 is 2.56 bits per heavy atom. The van der Waals surface area contributed by atoms with E-state index in [1.165, 1.54) is 4.68 Å². The number of carbonyl (C=O) groups excluding carboxylic acids is 2. The van der Waals surface area contributed by atoms with Gasteiger partial charge in [-0.1, -0.05) is 31.2 Å². The summed E-state index contributed by atoms with van der Waals surface area (Å²) >= 11 is 0. The molecule has 0 unspecified atom stereocenters. The molecule has 4 aromatic rings. The standard InChI is InChI=1S/C36H41FN4O6Si/c1-22-33(48(3,4)37)31(19-32(43)39-17-7-8-25(39)21-42)47-36(22)28-18-26(46-2)15-16-30(28)40(35(36)45)20-23-11-13-24(14-12-23)41-34(44)27-9-5-6-10-29(27)38-41/h5-6,9-16,18,22,25,31,33,38,42H,7-8,17,19-21H2,1-4H3/t22-,25-,31+,33-,36+/m0/s1. The van der Waals surface area contributed by atoms with E-state index in [4.69, 9.17) is 9.47 Å². The molecule has 12 heteroatoms. The van der Waals surface area contributed by atoms with E-state index in [0.717, 1.165) is 23.9 Å². The fourth-order valence-electron chi connectivity index (χ4n) is 8.33. The number of rotatable bonds is 8. The molecule has 0 aliphatic carbocycles. The fraction of sp³-hybridized carbons (Fsp3) is 0.417. The maximum atomic E-state index is 16.3. The summed E-state index contributed by atoms with van der Waals surface area (Å²) in [6.07, 6.45) is 0.654. The zero-order valence-corrected chi connectivity index (χ0v) is 28.6. The molecule has 0 saturated carbocycles. The average Bonchev–Trinajstić information content (AvgIpc) is 3.81. The third kappa shape index (κ3) is 5.08. The highest BCUT2D eigenvalue weighted by Gasteiger charge is 2.67. The molecule has 1 spiro atoms. The van der Waals surface area contributed by atoms with E-state index in [-0.39, 0.29) is 43.0 Å². The summed E-state index contributed by atoms with van der Waals surface area (Å²) in [5, 5.41) is 13.6. The summed E-state index contributed by atoms with van der Waals surface area (Å²) in [5.74, 6) is -0.510. The van der Waals surface area contributed by atoms with Crippen molar-refractivity contribution in [3.63, 3.8) is 0 Å². The average molecular weight is 673 g/mol. The van der Waals surface area contributed by atoms with E-state index in [1.54, 1.807) is 48.2 Å². The molecule has 252 valence electrons. The van der Waals surface area contributed by atoms with Crippen LogP contribution in [0.25, 0.3) is 16.6 Å². The van der Waals surface area contributed by atoms with Crippen LogP contribution in [-0.4, -0.2) is 72.4 Å². The Balaban J connectivity index is 1.22. The van der Waals surface area contributed by atoms with Gasteiger partial charge in [-0.15, -0.1) is 0 Å². The molecule has 4 heterocycles. The van der Waals surface area contributed by atoms with Gasteiger partial charge in [-0.25, -0.2) is 4.68 Å². The highest BCUT2D eigenvalue weighted by atomic mass is 28.4. The van der Waals surface area contributed by atoms with Crippen molar-refractivity contribution in [1.29, 1.82) is 0 Å². The lowest BCUT2D eigenvalue weighted by atomic mass is 9.82. The summed E-state index contributed by atoms with van der Waals surface area (Å²) in [6, 6.07) is 19.9. The van der Waals surface area contributed by atoms with Crippen LogP contribution in [0.2, 0.25) is 18.6 Å². The number of H-pyrrole nitrogens is 1. The van der Waals surface area contributed by atoms with E-state index >= 15 is 4.11 Å². The number of amides is 2. The first kappa shape index (κ1) is 32.3. The molecule has 2 N–H and O–H groups in total. The maximum Gasteiger partial charge on any atom is 0.279 e. The Morgan fingerprint density at radius 2 is 1.88 bits per heavy atom. The van der Waals surface area contributed by atoms with Gasteiger partial charge in [-0.2, -0.15) is 0 Å². The molecule has 2 amide bonds. The molecule has 3 aliphatic rings. The minimum absolute atomic E-state index is 0.0607. The van der Waals surface area contributed by atoms with Crippen molar-refractivity contribution in [2.75, 3.05) is 25.2 Å². The minimum atomic E-state index is -3.48. The smallest absolute Gasteiger partial charge is 0.279 e. The number of anilines is 1. The minimum Gasteiger partial charge on any atom is -0.497 e. The molecule has 10 nitrogen and oxygen atoms in total. The molecule has 5 atom stereocenters. The number of fused-ring (bicyclic) bond motifs is 3. The Hall–Kier alpha value is -4.26. The molecular weight excluding hydrogens is 632 g/mol. The quantitative estimate of drug-likeness (QED) is 0.201. The van der Waals surface area contributed by atoms with Gasteiger partial charge >= 0.3 is 0 Å². The number of aromatic nitrogens is 2. The molecule has 3 aromatic carbocycles. The van der Waals surface area contributed by atoms with Gasteiger partial charge in [0, 0.05) is 23.6 Å². The van der Waals surface area contributed by atoms with E-state index < -0.39 is 31.6 Å². The number of nitrogens with one attached hydrogen (secondary N) is 1. The van der Waals surface area contributed by atoms with E-state index in [1.807, 2.05) is 55.5 Å². The van der Waals surface area contributed by atoms with Gasteiger partial charge < -0.3 is 28.5 Å². The number of methoxy groups -OCH3 is 1. The van der Waals surface area contributed by atoms with Crippen molar-refractivity contribution in [2.24, 2.45) is 5.92 Å². The van der Waals surface area contributed by atoms with Gasteiger partial charge in [0.25, 0.3) is 11.5 Å². The summed E-state index contributed by atoms with van der Waals surface area (Å²) in [5.41, 5.74) is 1.19. The largest absolute Gasteiger partial charge is 0.497 e. The van der Waals surface area contributed by atoms with Gasteiger partial charge in [0.05, 0.1) is 61.1 Å². The van der Waals surface area contributed by atoms with E-state index in [2.05, 4.69) is 5.10 Å². The number of aliphatic hydroxyl groups is 1. The molecule has 0 radical (unpaired) electrons. The Kier molecular flexibility index (Phi) is 8.08. The Morgan fingerprint density at radius 1 is 1.12 bits per heavy atom. The zero-order chi connectivity index (χ0) is 34.0. The first-order valence-corrected chi connectivity index (χ1v) is 19.5. The van der Waals surface area contributed by atoms with E-state index in [0.29, 0.717) is 34.6 Å². The predicted octanol–water partition coefficient (Wildman–Crippen LogP) is 5.02. The molecule has 0 bridgehead atoms. The van der Waals surface area contributed by atoms with Gasteiger partial charge in [-0.05, 0) is 74.0 Å². The number of halogens is 1. The summed E-state index contributed by atoms with van der Waals surface area (Å²) in [6.45, 7) is 5.74. The number of para-hydroxylation sites is 1. The number of hydrogen-bond acceptors (Lipinski definition) is 6. The topological polar surface area (TPSA) is 117 Å². The van der Waals surface area contributed by atoms with Gasteiger partial charge in [0.1, 0.15) is 5.75 Å². The first-order chi connectivity index (χ1) is 23.0. The third-order valence-electron chi connectivity index (χ3n) is 10.6. The van der Waals surface area contributed by atoms with Gasteiger partial charge in [0.15, 0.2) is 5.60 Å². The lowest BCUT2D eigenvalue weighted by Crippen LogP contribution is -2.45. The second kappa shape index (κ2) is 12.0. The van der Waals surface area contributed by atoms with Crippen LogP contribution in [0.3, 0.4) is 0 Å². The lowest BCUT2D eigenvalue weighted by molar-refractivity contribution is -0.150. The molecular formula is C36H41FN4O6Si. The Bertz CT molecular complexity index is 1940. The lowest BCUT2D eigenvalue weighted by Gasteiger charge is -2.31. The van der Waals surface area contributed by atoms with Crippen molar-refractivity contribution < 1.29 is 28.3 Å². The molecule has 1 aromatic heterocycles. The van der Waals surface area contributed by atoms with Crippen molar-refractivity contribution in [1.82, 2.24) is 14.7 Å². The van der Waals surface area contributed by atoms with Crippen LogP contribution in [0.4, 0.5) is 9.80 Å². The maximum absolute atomic E-state index is 16.3. The molecule has 2 saturated heterocycles. The number of aliphatic hydroxyl groups excluding tert-OH is 1. The number of benzene rings is 3. The normalized spacial score (nSPS) is 25.4. The van der Waals surface area contributed by atoms with Crippen LogP contribution >= 0.6 is 0 Å². The predicted molar refractivity (Wildman–Crippen MR) is 183 cm³/mol. The van der Waals surface area contributed by atoms with Crippen LogP contribution in [-0.2, 0) is 26.5 Å². The van der Waals surface area contributed by atoms with Crippen molar-refractivity contribution in [3.05, 3.63) is 88.2 Å². The number of aromatic amines is 1. The number of nitrogens with zero attached hydrogens (tertiary/aromatic N) is 3. The number of likely N-dealkylation sites (tertiary alicyclic amines) is 1. The third-order valence-corrected chi connectivity index (χ3v) is 13.0. The monoisotopic (exact) mass is 672 g/mol.